The fraction of sp³-hybridized carbons (Fsp3) is 0.923. The van der Waals surface area contributed by atoms with Crippen molar-refractivity contribution in [1.29, 1.82) is 0 Å². The lowest BCUT2D eigenvalue weighted by Gasteiger charge is -2.30. The van der Waals surface area contributed by atoms with Crippen molar-refractivity contribution in [1.82, 2.24) is 10.2 Å². The number of nitrogens with zero attached hydrogens (tertiary/aromatic N) is 1. The third-order valence-electron chi connectivity index (χ3n) is 3.65. The third-order valence-corrected chi connectivity index (χ3v) is 3.65. The van der Waals surface area contributed by atoms with Gasteiger partial charge < -0.3 is 11.1 Å². The predicted octanol–water partition coefficient (Wildman–Crippen LogP) is 1.10. The Bertz CT molecular complexity index is 227. The molecule has 1 aliphatic carbocycles. The lowest BCUT2D eigenvalue weighted by atomic mass is 10.1. The molecule has 1 amide bonds. The van der Waals surface area contributed by atoms with Gasteiger partial charge in [0, 0.05) is 12.6 Å². The summed E-state index contributed by atoms with van der Waals surface area (Å²) in [6, 6.07) is 0.459. The Morgan fingerprint density at radius 1 is 1.41 bits per heavy atom. The molecule has 0 bridgehead atoms. The van der Waals surface area contributed by atoms with Gasteiger partial charge in [0.25, 0.3) is 0 Å². The van der Waals surface area contributed by atoms with E-state index in [1.807, 2.05) is 0 Å². The van der Waals surface area contributed by atoms with E-state index < -0.39 is 0 Å². The van der Waals surface area contributed by atoms with Crippen LogP contribution in [0, 0.1) is 0 Å². The van der Waals surface area contributed by atoms with E-state index in [9.17, 15) is 4.79 Å². The van der Waals surface area contributed by atoms with Crippen LogP contribution in [0.3, 0.4) is 0 Å². The molecule has 0 saturated heterocycles. The van der Waals surface area contributed by atoms with Crippen molar-refractivity contribution in [2.45, 2.75) is 58.0 Å². The van der Waals surface area contributed by atoms with Crippen molar-refractivity contribution >= 4 is 5.91 Å². The summed E-state index contributed by atoms with van der Waals surface area (Å²) in [6.45, 7) is 6.88. The minimum Gasteiger partial charge on any atom is -0.368 e. The Morgan fingerprint density at radius 3 is 2.53 bits per heavy atom. The van der Waals surface area contributed by atoms with Crippen molar-refractivity contribution in [3.8, 4) is 0 Å². The second kappa shape index (κ2) is 7.67. The molecule has 0 spiro atoms. The molecule has 0 aromatic carbocycles. The van der Waals surface area contributed by atoms with Gasteiger partial charge in [-0.2, -0.15) is 0 Å². The van der Waals surface area contributed by atoms with Gasteiger partial charge in [0.1, 0.15) is 0 Å². The van der Waals surface area contributed by atoms with Crippen LogP contribution in [-0.4, -0.2) is 42.5 Å². The third kappa shape index (κ3) is 4.64. The van der Waals surface area contributed by atoms with Gasteiger partial charge in [-0.25, -0.2) is 0 Å². The fourth-order valence-corrected chi connectivity index (χ4v) is 2.61. The smallest absolute Gasteiger partial charge is 0.235 e. The van der Waals surface area contributed by atoms with Crippen LogP contribution in [0.15, 0.2) is 0 Å². The first-order chi connectivity index (χ1) is 8.19. The molecule has 1 atom stereocenters. The zero-order valence-corrected chi connectivity index (χ0v) is 11.2. The van der Waals surface area contributed by atoms with Crippen molar-refractivity contribution in [3.05, 3.63) is 0 Å². The minimum absolute atomic E-state index is 0.199. The van der Waals surface area contributed by atoms with Crippen LogP contribution in [0.1, 0.15) is 46.0 Å². The maximum absolute atomic E-state index is 11.4. The lowest BCUT2D eigenvalue weighted by Crippen LogP contribution is -2.51. The largest absolute Gasteiger partial charge is 0.368 e. The molecule has 0 aliphatic heterocycles. The highest BCUT2D eigenvalue weighted by Gasteiger charge is 2.25. The van der Waals surface area contributed by atoms with Crippen LogP contribution in [0.25, 0.3) is 0 Å². The van der Waals surface area contributed by atoms with E-state index >= 15 is 0 Å². The van der Waals surface area contributed by atoms with Gasteiger partial charge in [-0.3, -0.25) is 9.69 Å². The van der Waals surface area contributed by atoms with Crippen molar-refractivity contribution in [2.24, 2.45) is 5.73 Å². The van der Waals surface area contributed by atoms with E-state index in [1.165, 1.54) is 25.7 Å². The molecular formula is C13H27N3O. The van der Waals surface area contributed by atoms with Gasteiger partial charge in [-0.1, -0.05) is 26.7 Å². The number of carbonyl (C=O) groups excluding carboxylic acids is 1. The molecule has 0 aromatic heterocycles. The molecule has 0 heterocycles. The molecule has 4 nitrogen and oxygen atoms in total. The topological polar surface area (TPSA) is 58.4 Å². The quantitative estimate of drug-likeness (QED) is 0.669. The Morgan fingerprint density at radius 2 is 2.06 bits per heavy atom. The van der Waals surface area contributed by atoms with Crippen LogP contribution in [0.4, 0.5) is 0 Å². The summed E-state index contributed by atoms with van der Waals surface area (Å²) in [6.07, 6.45) is 6.22. The van der Waals surface area contributed by atoms with E-state index in [1.54, 1.807) is 0 Å². The first kappa shape index (κ1) is 14.5. The van der Waals surface area contributed by atoms with Gasteiger partial charge in [0.2, 0.25) is 5.91 Å². The Labute approximate surface area is 105 Å². The molecule has 1 unspecified atom stereocenters. The summed E-state index contributed by atoms with van der Waals surface area (Å²) >= 11 is 0. The first-order valence-electron chi connectivity index (χ1n) is 6.95. The highest BCUT2D eigenvalue weighted by Crippen LogP contribution is 2.23. The lowest BCUT2D eigenvalue weighted by molar-refractivity contribution is -0.120. The average molecular weight is 241 g/mol. The van der Waals surface area contributed by atoms with Crippen molar-refractivity contribution in [3.63, 3.8) is 0 Å². The standard InChI is InChI=1S/C13H27N3O/c1-3-9-15-12(13(14)17)10-16(4-2)11-7-5-6-8-11/h11-12,15H,3-10H2,1-2H3,(H2,14,17). The first-order valence-corrected chi connectivity index (χ1v) is 6.95. The zero-order valence-electron chi connectivity index (χ0n) is 11.2. The summed E-state index contributed by atoms with van der Waals surface area (Å²) in [7, 11) is 0. The fourth-order valence-electron chi connectivity index (χ4n) is 2.61. The summed E-state index contributed by atoms with van der Waals surface area (Å²) in [4.78, 5) is 13.8. The summed E-state index contributed by atoms with van der Waals surface area (Å²) in [5, 5.41) is 3.24. The van der Waals surface area contributed by atoms with E-state index in [0.29, 0.717) is 6.04 Å². The average Bonchev–Trinajstić information content (AvgIpc) is 2.82. The van der Waals surface area contributed by atoms with Crippen LogP contribution in [0.2, 0.25) is 0 Å². The number of likely N-dealkylation sites (N-methyl/N-ethyl adjacent to an activating group) is 1. The number of hydrogen-bond acceptors (Lipinski definition) is 3. The maximum atomic E-state index is 11.4. The molecule has 1 rings (SSSR count). The van der Waals surface area contributed by atoms with Gasteiger partial charge in [-0.15, -0.1) is 0 Å². The van der Waals surface area contributed by atoms with Gasteiger partial charge in [0.05, 0.1) is 6.04 Å². The number of carbonyl (C=O) groups is 1. The van der Waals surface area contributed by atoms with E-state index in [0.717, 1.165) is 26.1 Å². The van der Waals surface area contributed by atoms with Crippen molar-refractivity contribution in [2.75, 3.05) is 19.6 Å². The Balaban J connectivity index is 2.46. The zero-order chi connectivity index (χ0) is 12.7. The number of primary amides is 1. The SMILES string of the molecule is CCCNC(CN(CC)C1CCCC1)C(N)=O. The maximum Gasteiger partial charge on any atom is 0.235 e. The molecule has 17 heavy (non-hydrogen) atoms. The summed E-state index contributed by atoms with van der Waals surface area (Å²) in [5.41, 5.74) is 5.45. The number of amides is 1. The van der Waals surface area contributed by atoms with Gasteiger partial charge in [-0.05, 0) is 32.4 Å². The summed E-state index contributed by atoms with van der Waals surface area (Å²) in [5.74, 6) is -0.227. The Kier molecular flexibility index (Phi) is 6.52. The van der Waals surface area contributed by atoms with Gasteiger partial charge >= 0.3 is 0 Å². The number of nitrogens with two attached hydrogens (primary N) is 1. The van der Waals surface area contributed by atoms with Gasteiger partial charge in [0.15, 0.2) is 0 Å². The summed E-state index contributed by atoms with van der Waals surface area (Å²) < 4.78 is 0. The molecule has 1 saturated carbocycles. The molecule has 1 aliphatic rings. The number of nitrogens with one attached hydrogen (secondary N) is 1. The molecule has 1 fully saturated rings. The molecule has 0 aromatic rings. The molecule has 4 heteroatoms. The van der Waals surface area contributed by atoms with E-state index in [2.05, 4.69) is 24.1 Å². The number of hydrogen-bond donors (Lipinski definition) is 2. The van der Waals surface area contributed by atoms with Crippen LogP contribution in [0.5, 0.6) is 0 Å². The molecular weight excluding hydrogens is 214 g/mol. The molecule has 100 valence electrons. The molecule has 0 radical (unpaired) electrons. The molecule has 3 N–H and O–H groups in total. The van der Waals surface area contributed by atoms with E-state index in [4.69, 9.17) is 5.73 Å². The number of rotatable bonds is 8. The minimum atomic E-state index is -0.227. The van der Waals surface area contributed by atoms with Crippen LogP contribution >= 0.6 is 0 Å². The second-order valence-electron chi connectivity index (χ2n) is 4.93. The monoisotopic (exact) mass is 241 g/mol. The highest BCUT2D eigenvalue weighted by atomic mass is 16.1. The normalized spacial score (nSPS) is 18.8. The highest BCUT2D eigenvalue weighted by molar-refractivity contribution is 5.80. The Hall–Kier alpha value is -0.610. The van der Waals surface area contributed by atoms with Crippen molar-refractivity contribution < 1.29 is 4.79 Å². The van der Waals surface area contributed by atoms with Crippen LogP contribution in [-0.2, 0) is 4.79 Å². The second-order valence-corrected chi connectivity index (χ2v) is 4.93. The predicted molar refractivity (Wildman–Crippen MR) is 70.8 cm³/mol. The van der Waals surface area contributed by atoms with E-state index in [-0.39, 0.29) is 11.9 Å². The van der Waals surface area contributed by atoms with Crippen LogP contribution < -0.4 is 11.1 Å².